The van der Waals surface area contributed by atoms with E-state index in [1.54, 1.807) is 30.3 Å². The van der Waals surface area contributed by atoms with Crippen LogP contribution in [0.25, 0.3) is 6.08 Å². The number of benzene rings is 4. The number of carbonyl (C=O) groups excluding carboxylic acids is 3. The van der Waals surface area contributed by atoms with Gasteiger partial charge in [-0.15, -0.1) is 0 Å². The Kier molecular flexibility index (Phi) is 5.64. The van der Waals surface area contributed by atoms with Crippen molar-refractivity contribution in [2.45, 2.75) is 17.5 Å². The zero-order valence-electron chi connectivity index (χ0n) is 22.1. The standard InChI is InChI=1S/C34H25FN2O4/c1-41-27-16-15-22(19-25(27)35)30(38)28-29(31(39)21-10-3-2-4-11-21)37-18-17-20-9-5-6-12-23(20)32(37)34(28)24-13-7-8-14-26(24)36-33(34)40/h2-19,28-29,32H,1H3,(H,36,40). The van der Waals surface area contributed by atoms with Crippen LogP contribution < -0.4 is 10.1 Å². The maximum absolute atomic E-state index is 15.0. The summed E-state index contributed by atoms with van der Waals surface area (Å²) >= 11 is 0. The van der Waals surface area contributed by atoms with Gasteiger partial charge in [-0.2, -0.15) is 0 Å². The number of ether oxygens (including phenoxy) is 1. The first-order valence-corrected chi connectivity index (χ1v) is 13.4. The Bertz CT molecular complexity index is 1770. The van der Waals surface area contributed by atoms with Crippen molar-refractivity contribution in [3.8, 4) is 5.75 Å². The Morgan fingerprint density at radius 2 is 1.61 bits per heavy atom. The first kappa shape index (κ1) is 25.0. The van der Waals surface area contributed by atoms with Gasteiger partial charge in [0.05, 0.1) is 19.1 Å². The van der Waals surface area contributed by atoms with Gasteiger partial charge in [-0.1, -0.05) is 72.8 Å². The van der Waals surface area contributed by atoms with E-state index < -0.39 is 35.0 Å². The molecule has 4 unspecified atom stereocenters. The minimum absolute atomic E-state index is 0.00201. The predicted octanol–water partition coefficient (Wildman–Crippen LogP) is 5.82. The third-order valence-electron chi connectivity index (χ3n) is 8.62. The zero-order valence-corrected chi connectivity index (χ0v) is 22.1. The van der Waals surface area contributed by atoms with Crippen molar-refractivity contribution in [1.82, 2.24) is 4.90 Å². The minimum Gasteiger partial charge on any atom is -0.494 e. The van der Waals surface area contributed by atoms with Crippen LogP contribution >= 0.6 is 0 Å². The van der Waals surface area contributed by atoms with Gasteiger partial charge in [-0.3, -0.25) is 14.4 Å². The lowest BCUT2D eigenvalue weighted by molar-refractivity contribution is -0.122. The highest BCUT2D eigenvalue weighted by molar-refractivity contribution is 6.16. The molecule has 6 nitrogen and oxygen atoms in total. The smallest absolute Gasteiger partial charge is 0.238 e. The SMILES string of the molecule is COc1ccc(C(=O)C2C(C(=O)c3ccccc3)N3C=Cc4ccccc4C3C23C(=O)Nc2ccccc23)cc1F. The molecule has 4 aromatic carbocycles. The molecule has 0 radical (unpaired) electrons. The average molecular weight is 545 g/mol. The first-order valence-electron chi connectivity index (χ1n) is 13.4. The lowest BCUT2D eigenvalue weighted by Crippen LogP contribution is -2.49. The van der Waals surface area contributed by atoms with E-state index in [1.165, 1.54) is 19.2 Å². The molecular formula is C34H25FN2O4. The molecule has 7 heteroatoms. The van der Waals surface area contributed by atoms with Gasteiger partial charge in [0.2, 0.25) is 5.91 Å². The molecule has 3 heterocycles. The number of fused-ring (bicyclic) bond motifs is 6. The van der Waals surface area contributed by atoms with Gasteiger partial charge < -0.3 is 15.0 Å². The number of anilines is 1. The number of Topliss-reactive ketones (excluding diaryl/α,β-unsaturated/α-hetero) is 2. The summed E-state index contributed by atoms with van der Waals surface area (Å²) in [6, 6.07) is 26.1. The Hall–Kier alpha value is -5.04. The Morgan fingerprint density at radius 1 is 0.878 bits per heavy atom. The van der Waals surface area contributed by atoms with Crippen LogP contribution in [0.5, 0.6) is 5.75 Å². The normalized spacial score (nSPS) is 23.5. The summed E-state index contributed by atoms with van der Waals surface area (Å²) in [7, 11) is 1.35. The Labute approximate surface area is 236 Å². The van der Waals surface area contributed by atoms with Crippen LogP contribution in [-0.4, -0.2) is 35.5 Å². The number of para-hydroxylation sites is 1. The average Bonchev–Trinajstić information content (AvgIpc) is 3.49. The van der Waals surface area contributed by atoms with Crippen molar-refractivity contribution < 1.29 is 23.5 Å². The number of halogens is 1. The van der Waals surface area contributed by atoms with Crippen LogP contribution in [0, 0.1) is 11.7 Å². The van der Waals surface area contributed by atoms with Crippen molar-refractivity contribution in [2.24, 2.45) is 5.92 Å². The van der Waals surface area contributed by atoms with Crippen LogP contribution in [0.1, 0.15) is 43.4 Å². The van der Waals surface area contributed by atoms with E-state index in [1.807, 2.05) is 65.7 Å². The fraction of sp³-hybridized carbons (Fsp3) is 0.147. The van der Waals surface area contributed by atoms with Crippen LogP contribution in [0.15, 0.2) is 103 Å². The van der Waals surface area contributed by atoms with Crippen molar-refractivity contribution in [3.63, 3.8) is 0 Å². The second-order valence-electron chi connectivity index (χ2n) is 10.5. The largest absolute Gasteiger partial charge is 0.494 e. The van der Waals surface area contributed by atoms with Crippen molar-refractivity contribution in [1.29, 1.82) is 0 Å². The molecule has 4 atom stereocenters. The topological polar surface area (TPSA) is 75.7 Å². The summed E-state index contributed by atoms with van der Waals surface area (Å²) in [6.45, 7) is 0. The monoisotopic (exact) mass is 544 g/mol. The van der Waals surface area contributed by atoms with E-state index in [9.17, 15) is 18.8 Å². The summed E-state index contributed by atoms with van der Waals surface area (Å²) in [4.78, 5) is 45.4. The molecule has 0 bridgehead atoms. The second-order valence-corrected chi connectivity index (χ2v) is 10.5. The molecule has 41 heavy (non-hydrogen) atoms. The van der Waals surface area contributed by atoms with E-state index in [0.717, 1.165) is 17.2 Å². The molecule has 7 rings (SSSR count). The number of ketones is 2. The predicted molar refractivity (Wildman–Crippen MR) is 152 cm³/mol. The van der Waals surface area contributed by atoms with E-state index in [2.05, 4.69) is 5.32 Å². The quantitative estimate of drug-likeness (QED) is 0.321. The minimum atomic E-state index is -1.47. The molecule has 3 aliphatic rings. The summed E-state index contributed by atoms with van der Waals surface area (Å²) in [5.74, 6) is -3.02. The van der Waals surface area contributed by atoms with E-state index in [-0.39, 0.29) is 23.0 Å². The molecule has 1 saturated heterocycles. The maximum atomic E-state index is 15.0. The van der Waals surface area contributed by atoms with Crippen molar-refractivity contribution in [3.05, 3.63) is 137 Å². The number of rotatable bonds is 5. The van der Waals surface area contributed by atoms with Gasteiger partial charge in [-0.05, 0) is 47.0 Å². The number of hydrogen-bond donors (Lipinski definition) is 1. The molecule has 1 spiro atoms. The van der Waals surface area contributed by atoms with Crippen LogP contribution in [0.2, 0.25) is 0 Å². The third-order valence-corrected chi connectivity index (χ3v) is 8.62. The fourth-order valence-corrected chi connectivity index (χ4v) is 6.94. The van der Waals surface area contributed by atoms with E-state index in [4.69, 9.17) is 4.74 Å². The molecule has 4 aromatic rings. The molecule has 0 saturated carbocycles. The Balaban J connectivity index is 1.53. The van der Waals surface area contributed by atoms with Crippen molar-refractivity contribution in [2.75, 3.05) is 12.4 Å². The zero-order chi connectivity index (χ0) is 28.3. The van der Waals surface area contributed by atoms with Crippen LogP contribution in [0.4, 0.5) is 10.1 Å². The number of nitrogens with zero attached hydrogens (tertiary/aromatic N) is 1. The van der Waals surface area contributed by atoms with Gasteiger partial charge in [-0.25, -0.2) is 4.39 Å². The van der Waals surface area contributed by atoms with Gasteiger partial charge in [0, 0.05) is 23.0 Å². The lowest BCUT2D eigenvalue weighted by atomic mass is 9.62. The number of hydrogen-bond acceptors (Lipinski definition) is 5. The summed E-state index contributed by atoms with van der Waals surface area (Å²) in [5, 5.41) is 3.01. The molecule has 1 amide bonds. The summed E-state index contributed by atoms with van der Waals surface area (Å²) in [5.41, 5.74) is 1.99. The third kappa shape index (κ3) is 3.45. The highest BCUT2D eigenvalue weighted by Crippen LogP contribution is 2.62. The van der Waals surface area contributed by atoms with Crippen LogP contribution in [0.3, 0.4) is 0 Å². The molecule has 1 fully saturated rings. The van der Waals surface area contributed by atoms with Crippen molar-refractivity contribution >= 4 is 29.2 Å². The molecule has 0 aromatic heterocycles. The van der Waals surface area contributed by atoms with Gasteiger partial charge in [0.25, 0.3) is 0 Å². The number of carbonyl (C=O) groups is 3. The molecule has 3 aliphatic heterocycles. The molecular weight excluding hydrogens is 519 g/mol. The first-order chi connectivity index (χ1) is 20.0. The lowest BCUT2D eigenvalue weighted by Gasteiger charge is -2.38. The van der Waals surface area contributed by atoms with Gasteiger partial charge in [0.15, 0.2) is 23.1 Å². The van der Waals surface area contributed by atoms with E-state index in [0.29, 0.717) is 16.8 Å². The Morgan fingerprint density at radius 3 is 2.39 bits per heavy atom. The molecule has 0 aliphatic carbocycles. The summed E-state index contributed by atoms with van der Waals surface area (Å²) < 4.78 is 20.0. The highest BCUT2D eigenvalue weighted by Gasteiger charge is 2.70. The fourth-order valence-electron chi connectivity index (χ4n) is 6.94. The number of methoxy groups -OCH3 is 1. The van der Waals surface area contributed by atoms with Gasteiger partial charge >= 0.3 is 0 Å². The number of amides is 1. The molecule has 1 N–H and O–H groups in total. The highest BCUT2D eigenvalue weighted by atomic mass is 19.1. The molecule has 202 valence electrons. The second kappa shape index (κ2) is 9.27. The maximum Gasteiger partial charge on any atom is 0.238 e. The van der Waals surface area contributed by atoms with Crippen LogP contribution in [-0.2, 0) is 10.2 Å². The van der Waals surface area contributed by atoms with E-state index >= 15 is 0 Å². The van der Waals surface area contributed by atoms with Gasteiger partial charge in [0.1, 0.15) is 11.5 Å². The summed E-state index contributed by atoms with van der Waals surface area (Å²) in [6.07, 6.45) is 3.72. The number of nitrogens with one attached hydrogen (secondary N) is 1.